The summed E-state index contributed by atoms with van der Waals surface area (Å²) in [4.78, 5) is 16.8. The van der Waals surface area contributed by atoms with E-state index in [1.165, 1.54) is 11.1 Å². The standard InChI is InChI=1S/C9H8ClFN2O/c10-8-2-1-6(3-12-8)9(14)13-4-7(11)5-13/h1-3,7H,4-5H2. The fourth-order valence-corrected chi connectivity index (χ4v) is 1.39. The summed E-state index contributed by atoms with van der Waals surface area (Å²) in [6.45, 7) is 0.364. The summed E-state index contributed by atoms with van der Waals surface area (Å²) in [5.41, 5.74) is 0.446. The minimum Gasteiger partial charge on any atom is -0.333 e. The maximum absolute atomic E-state index is 12.5. The molecular formula is C9H8ClFN2O. The Morgan fingerprint density at radius 1 is 1.57 bits per heavy atom. The van der Waals surface area contributed by atoms with Gasteiger partial charge in [0.1, 0.15) is 11.3 Å². The minimum absolute atomic E-state index is 0.182. The molecule has 1 aromatic rings. The number of hydrogen-bond acceptors (Lipinski definition) is 2. The summed E-state index contributed by atoms with van der Waals surface area (Å²) >= 11 is 5.57. The molecule has 0 atom stereocenters. The quantitative estimate of drug-likeness (QED) is 0.665. The van der Waals surface area contributed by atoms with Gasteiger partial charge in [0, 0.05) is 6.20 Å². The molecule has 3 nitrogen and oxygen atoms in total. The van der Waals surface area contributed by atoms with Gasteiger partial charge in [-0.15, -0.1) is 0 Å². The first-order valence-corrected chi connectivity index (χ1v) is 4.59. The first-order valence-electron chi connectivity index (χ1n) is 4.22. The van der Waals surface area contributed by atoms with Crippen LogP contribution in [0.25, 0.3) is 0 Å². The van der Waals surface area contributed by atoms with Gasteiger partial charge in [0.05, 0.1) is 18.7 Å². The molecule has 14 heavy (non-hydrogen) atoms. The molecule has 0 radical (unpaired) electrons. The van der Waals surface area contributed by atoms with E-state index >= 15 is 0 Å². The van der Waals surface area contributed by atoms with E-state index in [1.54, 1.807) is 12.1 Å². The molecule has 1 amide bonds. The molecule has 1 saturated heterocycles. The number of carbonyl (C=O) groups is 1. The lowest BCUT2D eigenvalue weighted by molar-refractivity contribution is 0.0400. The lowest BCUT2D eigenvalue weighted by Gasteiger charge is -2.34. The molecule has 2 heterocycles. The normalized spacial score (nSPS) is 16.6. The van der Waals surface area contributed by atoms with Gasteiger partial charge in [0.15, 0.2) is 0 Å². The largest absolute Gasteiger partial charge is 0.333 e. The van der Waals surface area contributed by atoms with E-state index < -0.39 is 6.17 Å². The average molecular weight is 215 g/mol. The summed E-state index contributed by atoms with van der Waals surface area (Å²) in [7, 11) is 0. The van der Waals surface area contributed by atoms with E-state index in [4.69, 9.17) is 11.6 Å². The predicted molar refractivity (Wildman–Crippen MR) is 50.0 cm³/mol. The van der Waals surface area contributed by atoms with Crippen molar-refractivity contribution in [1.29, 1.82) is 0 Å². The van der Waals surface area contributed by atoms with Gasteiger partial charge in [-0.05, 0) is 12.1 Å². The van der Waals surface area contributed by atoms with Crippen LogP contribution in [0.2, 0.25) is 5.15 Å². The molecule has 0 aliphatic carbocycles. The number of hydrogen-bond donors (Lipinski definition) is 0. The van der Waals surface area contributed by atoms with Crippen LogP contribution in [0, 0.1) is 0 Å². The van der Waals surface area contributed by atoms with Crippen molar-refractivity contribution in [2.75, 3.05) is 13.1 Å². The molecule has 5 heteroatoms. The Labute approximate surface area is 85.5 Å². The van der Waals surface area contributed by atoms with Crippen LogP contribution in [0.3, 0.4) is 0 Å². The lowest BCUT2D eigenvalue weighted by Crippen LogP contribution is -2.51. The van der Waals surface area contributed by atoms with Crippen molar-refractivity contribution in [3.05, 3.63) is 29.0 Å². The maximum atomic E-state index is 12.5. The van der Waals surface area contributed by atoms with Crippen LogP contribution in [-0.4, -0.2) is 35.1 Å². The Kier molecular flexibility index (Phi) is 2.37. The van der Waals surface area contributed by atoms with Crippen molar-refractivity contribution in [3.8, 4) is 0 Å². The molecule has 2 rings (SSSR count). The lowest BCUT2D eigenvalue weighted by atomic mass is 10.1. The van der Waals surface area contributed by atoms with Crippen LogP contribution in [0.4, 0.5) is 4.39 Å². The highest BCUT2D eigenvalue weighted by Crippen LogP contribution is 2.15. The van der Waals surface area contributed by atoms with E-state index in [0.29, 0.717) is 10.7 Å². The number of carbonyl (C=O) groups excluding carboxylic acids is 1. The average Bonchev–Trinajstić information content (AvgIpc) is 2.13. The van der Waals surface area contributed by atoms with Gasteiger partial charge < -0.3 is 4.90 Å². The van der Waals surface area contributed by atoms with Crippen molar-refractivity contribution >= 4 is 17.5 Å². The van der Waals surface area contributed by atoms with Crippen LogP contribution in [0.15, 0.2) is 18.3 Å². The Hall–Kier alpha value is -1.16. The fraction of sp³-hybridized carbons (Fsp3) is 0.333. The molecule has 0 saturated carbocycles. The molecule has 74 valence electrons. The number of alkyl halides is 1. The monoisotopic (exact) mass is 214 g/mol. The third-order valence-electron chi connectivity index (χ3n) is 2.10. The van der Waals surface area contributed by atoms with Crippen LogP contribution >= 0.6 is 11.6 Å². The Balaban J connectivity index is 2.08. The number of rotatable bonds is 1. The van der Waals surface area contributed by atoms with E-state index in [2.05, 4.69) is 4.98 Å². The first kappa shape index (κ1) is 9.40. The van der Waals surface area contributed by atoms with E-state index in [0.717, 1.165) is 0 Å². The zero-order valence-electron chi connectivity index (χ0n) is 7.28. The van der Waals surface area contributed by atoms with E-state index in [9.17, 15) is 9.18 Å². The summed E-state index contributed by atoms with van der Waals surface area (Å²) in [5, 5.41) is 0.341. The molecule has 1 fully saturated rings. The topological polar surface area (TPSA) is 33.2 Å². The molecule has 0 N–H and O–H groups in total. The fourth-order valence-electron chi connectivity index (χ4n) is 1.28. The van der Waals surface area contributed by atoms with Gasteiger partial charge in [-0.25, -0.2) is 9.37 Å². The molecule has 0 unspecified atom stereocenters. The molecule has 0 aromatic carbocycles. The smallest absolute Gasteiger partial charge is 0.255 e. The second-order valence-electron chi connectivity index (χ2n) is 3.18. The number of likely N-dealkylation sites (tertiary alicyclic amines) is 1. The van der Waals surface area contributed by atoms with Gasteiger partial charge in [0.2, 0.25) is 0 Å². The van der Waals surface area contributed by atoms with Gasteiger partial charge in [0.25, 0.3) is 5.91 Å². The first-order chi connectivity index (χ1) is 6.66. The van der Waals surface area contributed by atoms with Crippen molar-refractivity contribution in [2.24, 2.45) is 0 Å². The Bertz CT molecular complexity index is 348. The number of aromatic nitrogens is 1. The maximum Gasteiger partial charge on any atom is 0.255 e. The second kappa shape index (κ2) is 3.53. The van der Waals surface area contributed by atoms with E-state index in [-0.39, 0.29) is 19.0 Å². The SMILES string of the molecule is O=C(c1ccc(Cl)nc1)N1CC(F)C1. The van der Waals surface area contributed by atoms with Crippen LogP contribution in [-0.2, 0) is 0 Å². The van der Waals surface area contributed by atoms with Gasteiger partial charge in [-0.1, -0.05) is 11.6 Å². The summed E-state index contributed by atoms with van der Waals surface area (Å²) in [5.74, 6) is -0.192. The van der Waals surface area contributed by atoms with Crippen molar-refractivity contribution < 1.29 is 9.18 Å². The van der Waals surface area contributed by atoms with Gasteiger partial charge in [-0.3, -0.25) is 4.79 Å². The minimum atomic E-state index is -0.876. The molecule has 1 aliphatic heterocycles. The van der Waals surface area contributed by atoms with Crippen LogP contribution in [0.1, 0.15) is 10.4 Å². The van der Waals surface area contributed by atoms with Gasteiger partial charge in [-0.2, -0.15) is 0 Å². The van der Waals surface area contributed by atoms with Crippen molar-refractivity contribution in [1.82, 2.24) is 9.88 Å². The zero-order chi connectivity index (χ0) is 10.1. The highest BCUT2D eigenvalue weighted by atomic mass is 35.5. The molecule has 1 aliphatic rings. The summed E-state index contributed by atoms with van der Waals surface area (Å²) in [6.07, 6.45) is 0.523. The Morgan fingerprint density at radius 3 is 2.79 bits per heavy atom. The van der Waals surface area contributed by atoms with Crippen molar-refractivity contribution in [2.45, 2.75) is 6.17 Å². The second-order valence-corrected chi connectivity index (χ2v) is 3.56. The number of halogens is 2. The third kappa shape index (κ3) is 1.70. The zero-order valence-corrected chi connectivity index (χ0v) is 8.04. The van der Waals surface area contributed by atoms with Crippen LogP contribution < -0.4 is 0 Å². The molecule has 0 spiro atoms. The van der Waals surface area contributed by atoms with Gasteiger partial charge >= 0.3 is 0 Å². The third-order valence-corrected chi connectivity index (χ3v) is 2.32. The molecular weight excluding hydrogens is 207 g/mol. The van der Waals surface area contributed by atoms with Crippen LogP contribution in [0.5, 0.6) is 0 Å². The number of amides is 1. The highest BCUT2D eigenvalue weighted by Gasteiger charge is 2.30. The molecule has 1 aromatic heterocycles. The summed E-state index contributed by atoms with van der Waals surface area (Å²) in [6, 6.07) is 3.13. The number of nitrogens with zero attached hydrogens (tertiary/aromatic N) is 2. The van der Waals surface area contributed by atoms with E-state index in [1.807, 2.05) is 0 Å². The highest BCUT2D eigenvalue weighted by molar-refractivity contribution is 6.29. The number of pyridine rings is 1. The predicted octanol–water partition coefficient (Wildman–Crippen LogP) is 1.53. The molecule has 0 bridgehead atoms. The van der Waals surface area contributed by atoms with Crippen molar-refractivity contribution in [3.63, 3.8) is 0 Å². The summed E-state index contributed by atoms with van der Waals surface area (Å²) < 4.78 is 12.5. The Morgan fingerprint density at radius 2 is 2.29 bits per heavy atom.